The van der Waals surface area contributed by atoms with Gasteiger partial charge in [0, 0.05) is 12.8 Å². The van der Waals surface area contributed by atoms with Crippen molar-refractivity contribution in [1.29, 1.82) is 0 Å². The summed E-state index contributed by atoms with van der Waals surface area (Å²) in [5.41, 5.74) is 0. The largest absolute Gasteiger partial charge is 0.462 e. The van der Waals surface area contributed by atoms with Crippen molar-refractivity contribution in [2.24, 2.45) is 0 Å². The third-order valence-electron chi connectivity index (χ3n) is 10.3. The van der Waals surface area contributed by atoms with Gasteiger partial charge in [0.05, 0.1) is 13.2 Å². The Labute approximate surface area is 369 Å². The first-order valence-electron chi connectivity index (χ1n) is 23.7. The van der Waals surface area contributed by atoms with Crippen molar-refractivity contribution in [1.82, 2.24) is 0 Å². The van der Waals surface area contributed by atoms with Gasteiger partial charge in [-0.25, -0.2) is 0 Å². The highest BCUT2D eigenvalue weighted by atomic mass is 16.7. The zero-order valence-electron chi connectivity index (χ0n) is 37.9. The van der Waals surface area contributed by atoms with Gasteiger partial charge in [0.25, 0.3) is 0 Å². The summed E-state index contributed by atoms with van der Waals surface area (Å²) in [5, 5.41) is 40.1. The number of rotatable bonds is 38. The Morgan fingerprint density at radius 1 is 0.525 bits per heavy atom. The number of aliphatic hydroxyl groups excluding tert-OH is 4. The molecule has 1 saturated heterocycles. The smallest absolute Gasteiger partial charge is 0.306 e. The highest BCUT2D eigenvalue weighted by Crippen LogP contribution is 2.22. The normalized spacial score (nSPS) is 20.5. The molecule has 0 amide bonds. The predicted octanol–water partition coefficient (Wildman–Crippen LogP) is 10.6. The lowest BCUT2D eigenvalue weighted by atomic mass is 9.99. The minimum Gasteiger partial charge on any atom is -0.462 e. The summed E-state index contributed by atoms with van der Waals surface area (Å²) in [6.07, 6.45) is 45.9. The molecule has 1 heterocycles. The number of hydrogen-bond acceptors (Lipinski definition) is 10. The molecule has 2 unspecified atom stereocenters. The lowest BCUT2D eigenvalue weighted by molar-refractivity contribution is -0.305. The monoisotopic (exact) mass is 857 g/mol. The molecule has 0 saturated carbocycles. The molecule has 0 aromatic rings. The fourth-order valence-electron chi connectivity index (χ4n) is 6.55. The number of ether oxygens (including phenoxy) is 4. The Kier molecular flexibility index (Phi) is 37.5. The molecule has 4 N–H and O–H groups in total. The molecule has 61 heavy (non-hydrogen) atoms. The van der Waals surface area contributed by atoms with E-state index in [1.807, 2.05) is 0 Å². The molecule has 0 aromatic heterocycles. The van der Waals surface area contributed by atoms with Crippen LogP contribution in [-0.4, -0.2) is 89.0 Å². The van der Waals surface area contributed by atoms with E-state index in [1.165, 1.54) is 57.8 Å². The third kappa shape index (κ3) is 32.3. The van der Waals surface area contributed by atoms with Crippen LogP contribution in [0.2, 0.25) is 0 Å². The van der Waals surface area contributed by atoms with Gasteiger partial charge in [-0.2, -0.15) is 0 Å². The summed E-state index contributed by atoms with van der Waals surface area (Å²) in [6.45, 7) is 3.22. The first-order valence-corrected chi connectivity index (χ1v) is 23.7. The van der Waals surface area contributed by atoms with E-state index in [4.69, 9.17) is 18.9 Å². The summed E-state index contributed by atoms with van der Waals surface area (Å²) in [4.78, 5) is 25.4. The van der Waals surface area contributed by atoms with Gasteiger partial charge in [-0.05, 0) is 83.5 Å². The van der Waals surface area contributed by atoms with Crippen LogP contribution >= 0.6 is 0 Å². The predicted molar refractivity (Wildman–Crippen MR) is 247 cm³/mol. The second-order valence-corrected chi connectivity index (χ2v) is 15.8. The van der Waals surface area contributed by atoms with Crippen LogP contribution in [-0.2, 0) is 28.5 Å². The number of allylic oxidation sites excluding steroid dienone is 14. The molecule has 10 nitrogen and oxygen atoms in total. The van der Waals surface area contributed by atoms with Crippen molar-refractivity contribution >= 4 is 11.9 Å². The van der Waals surface area contributed by atoms with Gasteiger partial charge in [0.1, 0.15) is 31.0 Å². The number of unbranched alkanes of at least 4 members (excludes halogenated alkanes) is 13. The van der Waals surface area contributed by atoms with Crippen molar-refractivity contribution in [2.75, 3.05) is 19.8 Å². The number of esters is 2. The van der Waals surface area contributed by atoms with E-state index >= 15 is 0 Å². The fourth-order valence-corrected chi connectivity index (χ4v) is 6.55. The molecule has 1 rings (SSSR count). The van der Waals surface area contributed by atoms with Crippen LogP contribution in [0.15, 0.2) is 85.1 Å². The molecule has 0 radical (unpaired) electrons. The van der Waals surface area contributed by atoms with E-state index < -0.39 is 55.4 Å². The summed E-state index contributed by atoms with van der Waals surface area (Å²) in [7, 11) is 0. The first-order chi connectivity index (χ1) is 29.8. The molecule has 1 aliphatic rings. The second-order valence-electron chi connectivity index (χ2n) is 15.8. The highest BCUT2D eigenvalue weighted by molar-refractivity contribution is 5.70. The highest BCUT2D eigenvalue weighted by Gasteiger charge is 2.44. The Morgan fingerprint density at radius 3 is 1.51 bits per heavy atom. The Hall–Kier alpha value is -3.12. The Balaban J connectivity index is 2.38. The lowest BCUT2D eigenvalue weighted by Crippen LogP contribution is -2.59. The average molecular weight is 857 g/mol. The first kappa shape index (κ1) is 55.9. The molecular formula is C51H84O10. The molecule has 6 atom stereocenters. The maximum atomic E-state index is 12.8. The molecule has 0 spiro atoms. The van der Waals surface area contributed by atoms with Gasteiger partial charge in [0.2, 0.25) is 0 Å². The number of carbonyl (C=O) groups is 2. The Morgan fingerprint density at radius 2 is 0.984 bits per heavy atom. The summed E-state index contributed by atoms with van der Waals surface area (Å²) in [5.74, 6) is -0.904. The van der Waals surface area contributed by atoms with Crippen molar-refractivity contribution < 1.29 is 49.0 Å². The van der Waals surface area contributed by atoms with Crippen molar-refractivity contribution in [2.45, 2.75) is 205 Å². The van der Waals surface area contributed by atoms with E-state index in [0.29, 0.717) is 12.8 Å². The van der Waals surface area contributed by atoms with Crippen LogP contribution in [0.5, 0.6) is 0 Å². The van der Waals surface area contributed by atoms with Gasteiger partial charge in [0.15, 0.2) is 12.4 Å². The van der Waals surface area contributed by atoms with Crippen LogP contribution in [0.1, 0.15) is 168 Å². The van der Waals surface area contributed by atoms with Crippen LogP contribution < -0.4 is 0 Å². The molecule has 0 aliphatic carbocycles. The van der Waals surface area contributed by atoms with E-state index in [1.54, 1.807) is 0 Å². The molecule has 1 aliphatic heterocycles. The molecule has 0 aromatic carbocycles. The van der Waals surface area contributed by atoms with E-state index in [-0.39, 0.29) is 26.1 Å². The minimum absolute atomic E-state index is 0.178. The van der Waals surface area contributed by atoms with E-state index in [9.17, 15) is 30.0 Å². The van der Waals surface area contributed by atoms with Crippen LogP contribution in [0.25, 0.3) is 0 Å². The van der Waals surface area contributed by atoms with Crippen LogP contribution in [0.4, 0.5) is 0 Å². The molecular weight excluding hydrogens is 773 g/mol. The summed E-state index contributed by atoms with van der Waals surface area (Å²) >= 11 is 0. The zero-order valence-corrected chi connectivity index (χ0v) is 37.9. The molecule has 1 fully saturated rings. The molecule has 10 heteroatoms. The Bertz CT molecular complexity index is 1270. The number of aliphatic hydroxyl groups is 4. The van der Waals surface area contributed by atoms with Gasteiger partial charge in [-0.1, -0.05) is 157 Å². The SMILES string of the molecule is CC/C=C/C/C=C/C/C=C/C/C=C/C/C=C/CCCCCC(=O)O[C@H](COC(=O)CCC/C=C/C/C=C/CCCCCCCCCCC)CO[C@@H]1O[C@H](CO)[C@H](O)C(O)C1O. The molecule has 348 valence electrons. The topological polar surface area (TPSA) is 152 Å². The van der Waals surface area contributed by atoms with Crippen molar-refractivity contribution in [3.8, 4) is 0 Å². The average Bonchev–Trinajstić information content (AvgIpc) is 3.26. The van der Waals surface area contributed by atoms with Gasteiger partial charge < -0.3 is 39.4 Å². The number of hydrogen-bond donors (Lipinski definition) is 4. The summed E-state index contributed by atoms with van der Waals surface area (Å²) < 4.78 is 22.1. The van der Waals surface area contributed by atoms with Gasteiger partial charge in [-0.15, -0.1) is 0 Å². The summed E-state index contributed by atoms with van der Waals surface area (Å²) in [6, 6.07) is 0. The van der Waals surface area contributed by atoms with E-state index in [0.717, 1.165) is 70.6 Å². The quantitative estimate of drug-likeness (QED) is 0.0268. The van der Waals surface area contributed by atoms with Gasteiger partial charge >= 0.3 is 11.9 Å². The van der Waals surface area contributed by atoms with Gasteiger partial charge in [-0.3, -0.25) is 9.59 Å². The third-order valence-corrected chi connectivity index (χ3v) is 10.3. The lowest BCUT2D eigenvalue weighted by Gasteiger charge is -2.39. The van der Waals surface area contributed by atoms with E-state index in [2.05, 4.69) is 98.9 Å². The zero-order chi connectivity index (χ0) is 44.4. The van der Waals surface area contributed by atoms with Crippen molar-refractivity contribution in [3.63, 3.8) is 0 Å². The van der Waals surface area contributed by atoms with Crippen LogP contribution in [0.3, 0.4) is 0 Å². The molecule has 0 bridgehead atoms. The standard InChI is InChI=1S/C51H84O10/c1-3-5-7-9-11-13-15-17-19-21-22-24-26-28-30-32-34-36-38-40-47(54)60-44(43-59-51-50(57)49(56)48(55)45(41-52)61-51)42-58-46(53)39-37-35-33-31-29-27-25-23-20-18-16-14-12-10-8-6-4-2/h5,7,11,13,17,19,22,24-25,27-28,30-31,33,44-45,48-52,55-57H,3-4,6,8-10,12,14-16,18,20-21,23,26,29,32,34-43H2,1-2H3/b7-5+,13-11+,19-17+,24-22+,27-25+,30-28+,33-31+/t44-,45-,48+,49?,50?,51-/m1/s1. The minimum atomic E-state index is -1.61. The maximum absolute atomic E-state index is 12.8. The second kappa shape index (κ2) is 40.9. The van der Waals surface area contributed by atoms with Crippen LogP contribution in [0, 0.1) is 0 Å². The maximum Gasteiger partial charge on any atom is 0.306 e. The number of carbonyl (C=O) groups excluding carboxylic acids is 2. The fraction of sp³-hybridized carbons (Fsp3) is 0.686. The van der Waals surface area contributed by atoms with Crippen molar-refractivity contribution in [3.05, 3.63) is 85.1 Å².